The molecule has 1 aromatic heterocycles. The SMILES string of the molecule is Cc1nc(N2CCOCC2)[nH]c(=O)c1CCC(=O)NCC#Cc1ccccc1. The van der Waals surface area contributed by atoms with Gasteiger partial charge in [0.2, 0.25) is 11.9 Å². The molecule has 1 saturated heterocycles. The van der Waals surface area contributed by atoms with E-state index in [2.05, 4.69) is 27.1 Å². The highest BCUT2D eigenvalue weighted by molar-refractivity contribution is 5.76. The molecule has 0 atom stereocenters. The number of nitrogens with zero attached hydrogens (tertiary/aromatic N) is 2. The van der Waals surface area contributed by atoms with Gasteiger partial charge in [0, 0.05) is 36.3 Å². The number of H-pyrrole nitrogens is 1. The molecule has 1 fully saturated rings. The first-order valence-electron chi connectivity index (χ1n) is 9.36. The number of aromatic nitrogens is 2. The minimum atomic E-state index is -0.189. The third kappa shape index (κ3) is 5.44. The van der Waals surface area contributed by atoms with Gasteiger partial charge in [-0.15, -0.1) is 0 Å². The maximum absolute atomic E-state index is 12.4. The average Bonchev–Trinajstić information content (AvgIpc) is 2.72. The number of benzene rings is 1. The monoisotopic (exact) mass is 380 g/mol. The van der Waals surface area contributed by atoms with E-state index in [1.165, 1.54) is 0 Å². The summed E-state index contributed by atoms with van der Waals surface area (Å²) in [6.07, 6.45) is 0.561. The maximum Gasteiger partial charge on any atom is 0.255 e. The number of aryl methyl sites for hydroxylation is 1. The molecule has 2 heterocycles. The van der Waals surface area contributed by atoms with E-state index < -0.39 is 0 Å². The minimum absolute atomic E-state index is 0.140. The minimum Gasteiger partial charge on any atom is -0.378 e. The van der Waals surface area contributed by atoms with Crippen LogP contribution in [0.1, 0.15) is 23.2 Å². The zero-order valence-corrected chi connectivity index (χ0v) is 16.0. The van der Waals surface area contributed by atoms with Crippen LogP contribution in [-0.4, -0.2) is 48.7 Å². The van der Waals surface area contributed by atoms with Gasteiger partial charge in [0.25, 0.3) is 5.56 Å². The predicted molar refractivity (Wildman–Crippen MR) is 107 cm³/mol. The van der Waals surface area contributed by atoms with Gasteiger partial charge >= 0.3 is 0 Å². The Kier molecular flexibility index (Phi) is 6.82. The second-order valence-electron chi connectivity index (χ2n) is 6.50. The van der Waals surface area contributed by atoms with Crippen molar-refractivity contribution < 1.29 is 9.53 Å². The zero-order chi connectivity index (χ0) is 19.8. The van der Waals surface area contributed by atoms with E-state index in [1.807, 2.05) is 35.2 Å². The Balaban J connectivity index is 1.51. The quantitative estimate of drug-likeness (QED) is 0.756. The van der Waals surface area contributed by atoms with Crippen LogP contribution in [0.3, 0.4) is 0 Å². The molecule has 1 amide bonds. The summed E-state index contributed by atoms with van der Waals surface area (Å²) in [5, 5.41) is 2.76. The highest BCUT2D eigenvalue weighted by Gasteiger charge is 2.16. The number of aromatic amines is 1. The topological polar surface area (TPSA) is 87.3 Å². The Labute approximate surface area is 164 Å². The summed E-state index contributed by atoms with van der Waals surface area (Å²) >= 11 is 0. The molecule has 2 N–H and O–H groups in total. The Morgan fingerprint density at radius 2 is 2.04 bits per heavy atom. The molecule has 1 aliphatic rings. The molecule has 0 saturated carbocycles. The molecule has 1 aromatic carbocycles. The van der Waals surface area contributed by atoms with Crippen molar-refractivity contribution in [3.8, 4) is 11.8 Å². The standard InChI is InChI=1S/C21H24N4O3/c1-16-18(20(27)24-21(23-16)25-12-14-28-15-13-25)9-10-19(26)22-11-5-8-17-6-3-2-4-7-17/h2-4,6-7H,9-15H2,1H3,(H,22,26)(H,23,24,27). The number of morpholine rings is 1. The number of nitrogens with one attached hydrogen (secondary N) is 2. The lowest BCUT2D eigenvalue weighted by molar-refractivity contribution is -0.120. The predicted octanol–water partition coefficient (Wildman–Crippen LogP) is 1.02. The van der Waals surface area contributed by atoms with E-state index in [1.54, 1.807) is 6.92 Å². The van der Waals surface area contributed by atoms with Crippen molar-refractivity contribution in [3.05, 3.63) is 57.5 Å². The fourth-order valence-corrected chi connectivity index (χ4v) is 2.95. The van der Waals surface area contributed by atoms with Gasteiger partial charge in [-0.3, -0.25) is 14.6 Å². The summed E-state index contributed by atoms with van der Waals surface area (Å²) in [5.41, 5.74) is 1.92. The molecular formula is C21H24N4O3. The van der Waals surface area contributed by atoms with Crippen LogP contribution in [0.15, 0.2) is 35.1 Å². The first-order chi connectivity index (χ1) is 13.6. The van der Waals surface area contributed by atoms with E-state index in [0.717, 1.165) is 5.56 Å². The van der Waals surface area contributed by atoms with Crippen LogP contribution in [0.5, 0.6) is 0 Å². The number of anilines is 1. The zero-order valence-electron chi connectivity index (χ0n) is 16.0. The third-order valence-electron chi connectivity index (χ3n) is 4.50. The number of hydrogen-bond donors (Lipinski definition) is 2. The van der Waals surface area contributed by atoms with Crippen molar-refractivity contribution >= 4 is 11.9 Å². The Hall–Kier alpha value is -3.11. The Morgan fingerprint density at radius 1 is 1.29 bits per heavy atom. The van der Waals surface area contributed by atoms with Gasteiger partial charge in [-0.25, -0.2) is 4.98 Å². The molecule has 146 valence electrons. The fourth-order valence-electron chi connectivity index (χ4n) is 2.95. The van der Waals surface area contributed by atoms with E-state index >= 15 is 0 Å². The van der Waals surface area contributed by atoms with Crippen LogP contribution in [0.2, 0.25) is 0 Å². The number of rotatable bonds is 5. The van der Waals surface area contributed by atoms with Crippen LogP contribution in [-0.2, 0) is 16.0 Å². The molecule has 28 heavy (non-hydrogen) atoms. The van der Waals surface area contributed by atoms with Gasteiger partial charge in [0.05, 0.1) is 19.8 Å². The molecular weight excluding hydrogens is 356 g/mol. The van der Waals surface area contributed by atoms with E-state index in [-0.39, 0.29) is 24.4 Å². The lowest BCUT2D eigenvalue weighted by Gasteiger charge is -2.27. The van der Waals surface area contributed by atoms with Gasteiger partial charge in [0.1, 0.15) is 0 Å². The lowest BCUT2D eigenvalue weighted by Crippen LogP contribution is -2.38. The van der Waals surface area contributed by atoms with Crippen LogP contribution in [0, 0.1) is 18.8 Å². The summed E-state index contributed by atoms with van der Waals surface area (Å²) in [6, 6.07) is 9.59. The van der Waals surface area contributed by atoms with Crippen molar-refractivity contribution in [2.24, 2.45) is 0 Å². The highest BCUT2D eigenvalue weighted by Crippen LogP contribution is 2.11. The van der Waals surface area contributed by atoms with Crippen LogP contribution in [0.25, 0.3) is 0 Å². The second kappa shape index (κ2) is 9.72. The molecule has 7 heteroatoms. The normalized spacial score (nSPS) is 13.5. The first kappa shape index (κ1) is 19.6. The van der Waals surface area contributed by atoms with Gasteiger partial charge in [-0.2, -0.15) is 0 Å². The van der Waals surface area contributed by atoms with Crippen LogP contribution >= 0.6 is 0 Å². The largest absolute Gasteiger partial charge is 0.378 e. The number of hydrogen-bond acceptors (Lipinski definition) is 5. The summed E-state index contributed by atoms with van der Waals surface area (Å²) in [7, 11) is 0. The summed E-state index contributed by atoms with van der Waals surface area (Å²) in [5.74, 6) is 6.33. The van der Waals surface area contributed by atoms with Crippen molar-refractivity contribution in [2.75, 3.05) is 37.7 Å². The van der Waals surface area contributed by atoms with Gasteiger partial charge in [-0.05, 0) is 25.5 Å². The lowest BCUT2D eigenvalue weighted by atomic mass is 10.1. The van der Waals surface area contributed by atoms with Gasteiger partial charge in [-0.1, -0.05) is 30.0 Å². The Morgan fingerprint density at radius 3 is 2.75 bits per heavy atom. The average molecular weight is 380 g/mol. The van der Waals surface area contributed by atoms with E-state index in [9.17, 15) is 9.59 Å². The van der Waals surface area contributed by atoms with Crippen molar-refractivity contribution in [3.63, 3.8) is 0 Å². The van der Waals surface area contributed by atoms with Gasteiger partial charge < -0.3 is 15.0 Å². The first-order valence-corrected chi connectivity index (χ1v) is 9.36. The number of carbonyl (C=O) groups excluding carboxylic acids is 1. The molecule has 7 nitrogen and oxygen atoms in total. The molecule has 0 radical (unpaired) electrons. The van der Waals surface area contributed by atoms with Crippen LogP contribution < -0.4 is 15.8 Å². The number of carbonyl (C=O) groups is 1. The molecule has 2 aromatic rings. The van der Waals surface area contributed by atoms with Crippen molar-refractivity contribution in [2.45, 2.75) is 19.8 Å². The van der Waals surface area contributed by atoms with E-state index in [4.69, 9.17) is 4.74 Å². The molecule has 0 spiro atoms. The molecule has 0 bridgehead atoms. The third-order valence-corrected chi connectivity index (χ3v) is 4.50. The summed E-state index contributed by atoms with van der Waals surface area (Å²) < 4.78 is 5.32. The Bertz CT molecular complexity index is 922. The number of ether oxygens (including phenoxy) is 1. The van der Waals surface area contributed by atoms with Crippen molar-refractivity contribution in [1.82, 2.24) is 15.3 Å². The number of amides is 1. The summed E-state index contributed by atoms with van der Waals surface area (Å²) in [4.78, 5) is 33.8. The molecule has 1 aliphatic heterocycles. The summed E-state index contributed by atoms with van der Waals surface area (Å²) in [6.45, 7) is 4.73. The fraction of sp³-hybridized carbons (Fsp3) is 0.381. The molecule has 0 aliphatic carbocycles. The molecule has 0 unspecified atom stereocenters. The highest BCUT2D eigenvalue weighted by atomic mass is 16.5. The van der Waals surface area contributed by atoms with Crippen molar-refractivity contribution in [1.29, 1.82) is 0 Å². The maximum atomic E-state index is 12.4. The smallest absolute Gasteiger partial charge is 0.255 e. The van der Waals surface area contributed by atoms with E-state index in [0.29, 0.717) is 49.9 Å². The molecule has 3 rings (SSSR count). The van der Waals surface area contributed by atoms with Crippen LogP contribution in [0.4, 0.5) is 5.95 Å². The van der Waals surface area contributed by atoms with Gasteiger partial charge in [0.15, 0.2) is 0 Å². The second-order valence-corrected chi connectivity index (χ2v) is 6.50.